The van der Waals surface area contributed by atoms with Crippen molar-refractivity contribution in [1.29, 1.82) is 0 Å². The predicted octanol–water partition coefficient (Wildman–Crippen LogP) is 4.23. The van der Waals surface area contributed by atoms with Crippen LogP contribution in [0.4, 0.5) is 0 Å². The van der Waals surface area contributed by atoms with E-state index >= 15 is 0 Å². The first-order valence-electron chi connectivity index (χ1n) is 8.71. The van der Waals surface area contributed by atoms with Crippen LogP contribution in [0.1, 0.15) is 5.56 Å². The number of hydrogen-bond donors (Lipinski definition) is 1. The maximum atomic E-state index is 5.21. The number of benzene rings is 2. The third-order valence-corrected chi connectivity index (χ3v) is 5.43. The van der Waals surface area contributed by atoms with E-state index in [4.69, 9.17) is 9.84 Å². The topological polar surface area (TPSA) is 81.0 Å². The van der Waals surface area contributed by atoms with Crippen molar-refractivity contribution < 1.29 is 4.74 Å². The summed E-state index contributed by atoms with van der Waals surface area (Å²) < 4.78 is 6.98. The van der Waals surface area contributed by atoms with Crippen LogP contribution < -0.4 is 4.74 Å². The molecule has 0 fully saturated rings. The molecule has 0 aliphatic carbocycles. The first kappa shape index (κ1) is 16.6. The smallest absolute Gasteiger partial charge is 0.235 e. The van der Waals surface area contributed by atoms with E-state index in [-0.39, 0.29) is 0 Å². The molecule has 2 aromatic carbocycles. The molecule has 7 nitrogen and oxygen atoms in total. The van der Waals surface area contributed by atoms with Crippen molar-refractivity contribution >= 4 is 16.3 Å². The average molecular weight is 388 g/mol. The predicted molar refractivity (Wildman–Crippen MR) is 108 cm³/mol. The summed E-state index contributed by atoms with van der Waals surface area (Å²) in [4.78, 5) is 0.742. The number of hydrogen-bond acceptors (Lipinski definition) is 6. The van der Waals surface area contributed by atoms with Gasteiger partial charge in [0, 0.05) is 11.1 Å². The quantitative estimate of drug-likeness (QED) is 0.498. The van der Waals surface area contributed by atoms with Gasteiger partial charge in [-0.3, -0.25) is 5.10 Å². The van der Waals surface area contributed by atoms with Gasteiger partial charge in [0.25, 0.3) is 0 Å². The number of nitrogens with zero attached hydrogens (tertiary/aromatic N) is 5. The first-order chi connectivity index (χ1) is 13.7. The van der Waals surface area contributed by atoms with Gasteiger partial charge in [0.15, 0.2) is 10.8 Å². The standard InChI is InChI=1S/C20H16N6OS/c1-12-3-5-14(6-4-12)18-23-24-20-26(18)25-19(28-20)17-11-16(21-22-17)13-7-9-15(27-2)10-8-13/h3-11H,1-2H3,(H,21,22). The molecule has 0 aliphatic rings. The molecule has 28 heavy (non-hydrogen) atoms. The summed E-state index contributed by atoms with van der Waals surface area (Å²) in [6.45, 7) is 2.06. The molecule has 3 heterocycles. The van der Waals surface area contributed by atoms with Crippen molar-refractivity contribution in [3.05, 3.63) is 60.2 Å². The van der Waals surface area contributed by atoms with Gasteiger partial charge < -0.3 is 4.74 Å². The molecule has 0 saturated carbocycles. The Morgan fingerprint density at radius 2 is 1.71 bits per heavy atom. The van der Waals surface area contributed by atoms with Gasteiger partial charge in [0.1, 0.15) is 5.75 Å². The highest BCUT2D eigenvalue weighted by Crippen LogP contribution is 2.29. The normalized spacial score (nSPS) is 11.2. The number of methoxy groups -OCH3 is 1. The molecule has 0 bridgehead atoms. The Kier molecular flexibility index (Phi) is 3.91. The Bertz CT molecular complexity index is 1250. The number of aromatic amines is 1. The SMILES string of the molecule is COc1ccc(-c2cc(-c3nn4c(-c5ccc(C)cc5)nnc4s3)[nH]n2)cc1. The molecule has 0 radical (unpaired) electrons. The molecule has 5 rings (SSSR count). The summed E-state index contributed by atoms with van der Waals surface area (Å²) in [6, 6.07) is 17.9. The Morgan fingerprint density at radius 1 is 0.964 bits per heavy atom. The van der Waals surface area contributed by atoms with E-state index in [2.05, 4.69) is 39.5 Å². The fourth-order valence-corrected chi connectivity index (χ4v) is 3.75. The fraction of sp³-hybridized carbons (Fsp3) is 0.100. The minimum absolute atomic E-state index is 0.729. The lowest BCUT2D eigenvalue weighted by Crippen LogP contribution is -1.91. The summed E-state index contributed by atoms with van der Waals surface area (Å²) in [5, 5.41) is 21.5. The average Bonchev–Trinajstić information content (AvgIpc) is 3.44. The number of aryl methyl sites for hydroxylation is 1. The number of nitrogens with one attached hydrogen (secondary N) is 1. The molecular weight excluding hydrogens is 372 g/mol. The summed E-state index contributed by atoms with van der Waals surface area (Å²) in [6.07, 6.45) is 0. The van der Waals surface area contributed by atoms with E-state index in [1.165, 1.54) is 16.9 Å². The second-order valence-electron chi connectivity index (χ2n) is 6.39. The van der Waals surface area contributed by atoms with Crippen LogP contribution in [0, 0.1) is 6.92 Å². The van der Waals surface area contributed by atoms with Crippen LogP contribution in [0.15, 0.2) is 54.6 Å². The fourth-order valence-electron chi connectivity index (χ4n) is 2.95. The lowest BCUT2D eigenvalue weighted by Gasteiger charge is -1.99. The highest BCUT2D eigenvalue weighted by molar-refractivity contribution is 7.19. The Hall–Kier alpha value is -3.52. The van der Waals surface area contributed by atoms with Gasteiger partial charge in [-0.15, -0.1) is 10.2 Å². The van der Waals surface area contributed by atoms with Crippen molar-refractivity contribution in [1.82, 2.24) is 30.0 Å². The molecule has 1 N–H and O–H groups in total. The second kappa shape index (κ2) is 6.58. The summed E-state index contributed by atoms with van der Waals surface area (Å²) in [5.74, 6) is 1.55. The van der Waals surface area contributed by atoms with Crippen LogP contribution >= 0.6 is 11.3 Å². The van der Waals surface area contributed by atoms with Crippen molar-refractivity contribution in [2.45, 2.75) is 6.92 Å². The molecular formula is C20H16N6OS. The summed E-state index contributed by atoms with van der Waals surface area (Å²) >= 11 is 1.47. The Labute approximate surface area is 164 Å². The van der Waals surface area contributed by atoms with Crippen LogP contribution in [0.25, 0.3) is 38.3 Å². The van der Waals surface area contributed by atoms with Crippen molar-refractivity contribution in [2.24, 2.45) is 0 Å². The number of fused-ring (bicyclic) bond motifs is 1. The lowest BCUT2D eigenvalue weighted by molar-refractivity contribution is 0.415. The minimum atomic E-state index is 0.729. The second-order valence-corrected chi connectivity index (χ2v) is 7.34. The van der Waals surface area contributed by atoms with Gasteiger partial charge in [-0.25, -0.2) is 0 Å². The number of rotatable bonds is 4. The van der Waals surface area contributed by atoms with Gasteiger partial charge in [0.2, 0.25) is 4.96 Å². The van der Waals surface area contributed by atoms with Crippen LogP contribution in [0.3, 0.4) is 0 Å². The van der Waals surface area contributed by atoms with E-state index in [9.17, 15) is 0 Å². The highest BCUT2D eigenvalue weighted by atomic mass is 32.1. The van der Waals surface area contributed by atoms with Crippen LogP contribution in [-0.2, 0) is 0 Å². The molecule has 0 amide bonds. The van der Waals surface area contributed by atoms with Gasteiger partial charge in [0.05, 0.1) is 18.5 Å². The maximum absolute atomic E-state index is 5.21. The van der Waals surface area contributed by atoms with Crippen LogP contribution in [-0.4, -0.2) is 37.1 Å². The van der Waals surface area contributed by atoms with E-state index in [0.29, 0.717) is 0 Å². The monoisotopic (exact) mass is 388 g/mol. The van der Waals surface area contributed by atoms with E-state index in [0.717, 1.165) is 44.1 Å². The zero-order valence-corrected chi connectivity index (χ0v) is 16.1. The molecule has 3 aromatic heterocycles. The molecule has 0 aliphatic heterocycles. The number of ether oxygens (including phenoxy) is 1. The summed E-state index contributed by atoms with van der Waals surface area (Å²) in [5.41, 5.74) is 4.88. The maximum Gasteiger partial charge on any atom is 0.235 e. The van der Waals surface area contributed by atoms with Gasteiger partial charge >= 0.3 is 0 Å². The largest absolute Gasteiger partial charge is 0.497 e. The van der Waals surface area contributed by atoms with E-state index in [1.807, 2.05) is 42.5 Å². The molecule has 0 unspecified atom stereocenters. The Morgan fingerprint density at radius 3 is 2.46 bits per heavy atom. The number of aromatic nitrogens is 6. The summed E-state index contributed by atoms with van der Waals surface area (Å²) in [7, 11) is 1.65. The zero-order chi connectivity index (χ0) is 19.1. The van der Waals surface area contributed by atoms with Crippen molar-refractivity contribution in [2.75, 3.05) is 7.11 Å². The molecule has 0 saturated heterocycles. The lowest BCUT2D eigenvalue weighted by atomic mass is 10.1. The van der Waals surface area contributed by atoms with E-state index in [1.54, 1.807) is 11.6 Å². The molecule has 0 spiro atoms. The highest BCUT2D eigenvalue weighted by Gasteiger charge is 2.16. The van der Waals surface area contributed by atoms with E-state index < -0.39 is 0 Å². The molecule has 8 heteroatoms. The number of H-pyrrole nitrogens is 1. The van der Waals surface area contributed by atoms with Gasteiger partial charge in [-0.05, 0) is 37.3 Å². The Balaban J connectivity index is 1.50. The minimum Gasteiger partial charge on any atom is -0.497 e. The third-order valence-electron chi connectivity index (χ3n) is 4.49. The van der Waals surface area contributed by atoms with Crippen LogP contribution in [0.5, 0.6) is 5.75 Å². The van der Waals surface area contributed by atoms with Crippen molar-refractivity contribution in [3.63, 3.8) is 0 Å². The third kappa shape index (κ3) is 2.84. The van der Waals surface area contributed by atoms with Crippen LogP contribution in [0.2, 0.25) is 0 Å². The molecule has 0 atom stereocenters. The first-order valence-corrected chi connectivity index (χ1v) is 9.52. The molecule has 138 valence electrons. The zero-order valence-electron chi connectivity index (χ0n) is 15.2. The van der Waals surface area contributed by atoms with Gasteiger partial charge in [-0.1, -0.05) is 41.2 Å². The van der Waals surface area contributed by atoms with Crippen molar-refractivity contribution in [3.8, 4) is 39.1 Å². The molecule has 5 aromatic rings. The van der Waals surface area contributed by atoms with Gasteiger partial charge in [-0.2, -0.15) is 14.7 Å².